The first-order valence-electron chi connectivity index (χ1n) is 7.51. The number of anilines is 2. The molecule has 0 spiro atoms. The summed E-state index contributed by atoms with van der Waals surface area (Å²) in [5, 5.41) is 15.6. The summed E-state index contributed by atoms with van der Waals surface area (Å²) in [6.45, 7) is 2.02. The molecular formula is C16H25N3O2. The number of carbonyl (C=O) groups excluding carboxylic acids is 1. The largest absolute Gasteiger partial charge is 0.391 e. The molecule has 1 fully saturated rings. The molecule has 5 nitrogen and oxygen atoms in total. The van der Waals surface area contributed by atoms with Crippen LogP contribution in [0, 0.1) is 6.92 Å². The van der Waals surface area contributed by atoms with Crippen LogP contribution in [0.5, 0.6) is 0 Å². The number of nitrogens with one attached hydrogen (secondary N) is 2. The van der Waals surface area contributed by atoms with Crippen LogP contribution in [0.3, 0.4) is 0 Å². The molecule has 1 saturated carbocycles. The number of aryl methyl sites for hydroxylation is 1. The SMILES string of the molecule is Cc1cc(NC(=O)NC2CCCCC2O)ccc1N(C)C. The molecule has 0 heterocycles. The standard InChI is InChI=1S/C16H25N3O2/c1-11-10-12(8-9-14(11)19(2)3)17-16(21)18-13-6-4-5-7-15(13)20/h8-10,13,15,20H,4-7H2,1-3H3,(H2,17,18,21). The third-order valence-corrected chi connectivity index (χ3v) is 3.98. The third kappa shape index (κ3) is 4.11. The Kier molecular flexibility index (Phi) is 5.07. The molecule has 1 aliphatic rings. The minimum atomic E-state index is -0.428. The summed E-state index contributed by atoms with van der Waals surface area (Å²) in [6, 6.07) is 5.44. The number of hydrogen-bond acceptors (Lipinski definition) is 3. The average Bonchev–Trinajstić information content (AvgIpc) is 2.41. The maximum Gasteiger partial charge on any atom is 0.319 e. The molecule has 116 valence electrons. The molecule has 3 N–H and O–H groups in total. The molecule has 2 unspecified atom stereocenters. The van der Waals surface area contributed by atoms with E-state index in [4.69, 9.17) is 0 Å². The van der Waals surface area contributed by atoms with Crippen molar-refractivity contribution in [2.24, 2.45) is 0 Å². The molecule has 2 atom stereocenters. The normalized spacial score (nSPS) is 21.7. The van der Waals surface area contributed by atoms with Gasteiger partial charge in [0.25, 0.3) is 0 Å². The van der Waals surface area contributed by atoms with Crippen molar-refractivity contribution in [1.29, 1.82) is 0 Å². The van der Waals surface area contributed by atoms with Crippen molar-refractivity contribution in [3.63, 3.8) is 0 Å². The number of aliphatic hydroxyl groups excluding tert-OH is 1. The average molecular weight is 291 g/mol. The van der Waals surface area contributed by atoms with Crippen LogP contribution in [-0.2, 0) is 0 Å². The summed E-state index contributed by atoms with van der Waals surface area (Å²) >= 11 is 0. The van der Waals surface area contributed by atoms with E-state index in [1.54, 1.807) is 0 Å². The van der Waals surface area contributed by atoms with Crippen LogP contribution >= 0.6 is 0 Å². The fraction of sp³-hybridized carbons (Fsp3) is 0.562. The zero-order valence-corrected chi connectivity index (χ0v) is 13.0. The van der Waals surface area contributed by atoms with Gasteiger partial charge in [0.2, 0.25) is 0 Å². The van der Waals surface area contributed by atoms with Crippen LogP contribution < -0.4 is 15.5 Å². The number of rotatable bonds is 3. The van der Waals surface area contributed by atoms with Crippen molar-refractivity contribution in [3.8, 4) is 0 Å². The maximum absolute atomic E-state index is 12.0. The fourth-order valence-corrected chi connectivity index (χ4v) is 2.85. The molecule has 5 heteroatoms. The first-order chi connectivity index (χ1) is 9.97. The predicted molar refractivity (Wildman–Crippen MR) is 85.9 cm³/mol. The molecule has 0 radical (unpaired) electrons. The maximum atomic E-state index is 12.0. The van der Waals surface area contributed by atoms with Gasteiger partial charge in [0.05, 0.1) is 12.1 Å². The second kappa shape index (κ2) is 6.80. The van der Waals surface area contributed by atoms with Gasteiger partial charge in [0.1, 0.15) is 0 Å². The van der Waals surface area contributed by atoms with Gasteiger partial charge in [-0.2, -0.15) is 0 Å². The summed E-state index contributed by atoms with van der Waals surface area (Å²) < 4.78 is 0. The number of amides is 2. The highest BCUT2D eigenvalue weighted by Gasteiger charge is 2.24. The molecule has 0 bridgehead atoms. The van der Waals surface area contributed by atoms with Gasteiger partial charge in [0.15, 0.2) is 0 Å². The number of hydrogen-bond donors (Lipinski definition) is 3. The zero-order valence-electron chi connectivity index (χ0n) is 13.0. The highest BCUT2D eigenvalue weighted by atomic mass is 16.3. The third-order valence-electron chi connectivity index (χ3n) is 3.98. The van der Waals surface area contributed by atoms with Crippen LogP contribution in [0.25, 0.3) is 0 Å². The molecule has 2 amide bonds. The van der Waals surface area contributed by atoms with Gasteiger partial charge >= 0.3 is 6.03 Å². The molecule has 1 aromatic carbocycles. The lowest BCUT2D eigenvalue weighted by molar-refractivity contribution is 0.0955. The van der Waals surface area contributed by atoms with E-state index >= 15 is 0 Å². The Morgan fingerprint density at radius 3 is 2.62 bits per heavy atom. The lowest BCUT2D eigenvalue weighted by Gasteiger charge is -2.28. The van der Waals surface area contributed by atoms with Gasteiger partial charge in [0, 0.05) is 25.5 Å². The van der Waals surface area contributed by atoms with E-state index < -0.39 is 6.10 Å². The first kappa shape index (κ1) is 15.6. The van der Waals surface area contributed by atoms with Gasteiger partial charge in [-0.3, -0.25) is 0 Å². The summed E-state index contributed by atoms with van der Waals surface area (Å²) in [6.07, 6.45) is 3.27. The van der Waals surface area contributed by atoms with Crippen LogP contribution in [0.2, 0.25) is 0 Å². The number of urea groups is 1. The van der Waals surface area contributed by atoms with Crippen molar-refractivity contribution in [2.45, 2.75) is 44.8 Å². The van der Waals surface area contributed by atoms with E-state index in [0.29, 0.717) is 0 Å². The fourth-order valence-electron chi connectivity index (χ4n) is 2.85. The number of carbonyl (C=O) groups is 1. The minimum Gasteiger partial charge on any atom is -0.391 e. The lowest BCUT2D eigenvalue weighted by atomic mass is 9.93. The Bertz CT molecular complexity index is 502. The van der Waals surface area contributed by atoms with Crippen molar-refractivity contribution >= 4 is 17.4 Å². The van der Waals surface area contributed by atoms with Gasteiger partial charge in [-0.05, 0) is 43.5 Å². The molecular weight excluding hydrogens is 266 g/mol. The van der Waals surface area contributed by atoms with Gasteiger partial charge in [-0.15, -0.1) is 0 Å². The molecule has 21 heavy (non-hydrogen) atoms. The summed E-state index contributed by atoms with van der Waals surface area (Å²) in [4.78, 5) is 14.1. The monoisotopic (exact) mass is 291 g/mol. The van der Waals surface area contributed by atoms with Gasteiger partial charge in [-0.1, -0.05) is 12.8 Å². The summed E-state index contributed by atoms with van der Waals surface area (Å²) in [5.41, 5.74) is 3.00. The zero-order chi connectivity index (χ0) is 15.4. The van der Waals surface area contributed by atoms with Gasteiger partial charge in [-0.25, -0.2) is 4.79 Å². The molecule has 0 saturated heterocycles. The van der Waals surface area contributed by atoms with Crippen LogP contribution in [-0.4, -0.2) is 37.4 Å². The van der Waals surface area contributed by atoms with Crippen LogP contribution in [0.15, 0.2) is 18.2 Å². The van der Waals surface area contributed by atoms with E-state index in [9.17, 15) is 9.90 Å². The predicted octanol–water partition coefficient (Wildman–Crippen LogP) is 2.49. The van der Waals surface area contributed by atoms with E-state index in [1.807, 2.05) is 44.1 Å². The number of nitrogens with zero attached hydrogens (tertiary/aromatic N) is 1. The molecule has 2 rings (SSSR count). The van der Waals surface area contributed by atoms with E-state index in [2.05, 4.69) is 10.6 Å². The lowest BCUT2D eigenvalue weighted by Crippen LogP contribution is -2.46. The van der Waals surface area contributed by atoms with Gasteiger partial charge < -0.3 is 20.6 Å². The quantitative estimate of drug-likeness (QED) is 0.801. The van der Waals surface area contributed by atoms with Crippen LogP contribution in [0.1, 0.15) is 31.2 Å². The minimum absolute atomic E-state index is 0.138. The Balaban J connectivity index is 1.94. The van der Waals surface area contributed by atoms with Crippen molar-refractivity contribution < 1.29 is 9.90 Å². The molecule has 0 aliphatic heterocycles. The second-order valence-corrected chi connectivity index (χ2v) is 5.95. The number of benzene rings is 1. The van der Waals surface area contributed by atoms with Crippen molar-refractivity contribution in [1.82, 2.24) is 5.32 Å². The Morgan fingerprint density at radius 1 is 1.29 bits per heavy atom. The Morgan fingerprint density at radius 2 is 2.00 bits per heavy atom. The first-order valence-corrected chi connectivity index (χ1v) is 7.51. The second-order valence-electron chi connectivity index (χ2n) is 5.95. The van der Waals surface area contributed by atoms with Crippen LogP contribution in [0.4, 0.5) is 16.2 Å². The highest BCUT2D eigenvalue weighted by molar-refractivity contribution is 5.90. The van der Waals surface area contributed by atoms with E-state index in [-0.39, 0.29) is 12.1 Å². The number of aliphatic hydroxyl groups is 1. The smallest absolute Gasteiger partial charge is 0.319 e. The molecule has 1 aliphatic carbocycles. The molecule has 1 aromatic rings. The molecule has 0 aromatic heterocycles. The Hall–Kier alpha value is -1.75. The van der Waals surface area contributed by atoms with Crippen molar-refractivity contribution in [2.75, 3.05) is 24.3 Å². The topological polar surface area (TPSA) is 64.6 Å². The Labute approximate surface area is 126 Å². The van der Waals surface area contributed by atoms with E-state index in [1.165, 1.54) is 0 Å². The van der Waals surface area contributed by atoms with E-state index in [0.717, 1.165) is 42.6 Å². The van der Waals surface area contributed by atoms with Crippen molar-refractivity contribution in [3.05, 3.63) is 23.8 Å². The summed E-state index contributed by atoms with van der Waals surface area (Å²) in [7, 11) is 3.99. The summed E-state index contributed by atoms with van der Waals surface area (Å²) in [5.74, 6) is 0. The highest BCUT2D eigenvalue weighted by Crippen LogP contribution is 2.22.